The molecule has 0 radical (unpaired) electrons. The molecule has 0 bridgehead atoms. The standard InChI is InChI=1S/C26H28N4O3/c31-24(29-11-4-7-21(10-12-29)20-5-2-1-3-6-20)9-8-19-15-22-17-30-13-14-33-18-23(30)26(32)28-25(22)27-16-19/h1-3,5-6,8-10,15-16,23H,4,7,11-14,17-18H2,(H,27,28,32)/b9-8+. The molecule has 1 aromatic carbocycles. The summed E-state index contributed by atoms with van der Waals surface area (Å²) in [5.41, 5.74) is 4.33. The van der Waals surface area contributed by atoms with Gasteiger partial charge in [0.2, 0.25) is 11.8 Å². The first kappa shape index (κ1) is 21.6. The molecule has 0 spiro atoms. The summed E-state index contributed by atoms with van der Waals surface area (Å²) in [6, 6.07) is 12.1. The predicted octanol–water partition coefficient (Wildman–Crippen LogP) is 2.95. The van der Waals surface area contributed by atoms with Crippen LogP contribution in [0.3, 0.4) is 0 Å². The van der Waals surface area contributed by atoms with Crippen molar-refractivity contribution in [3.63, 3.8) is 0 Å². The van der Waals surface area contributed by atoms with Crippen LogP contribution >= 0.6 is 0 Å². The molecule has 2 aromatic rings. The van der Waals surface area contributed by atoms with Gasteiger partial charge in [-0.25, -0.2) is 4.98 Å². The molecular weight excluding hydrogens is 416 g/mol. The van der Waals surface area contributed by atoms with E-state index in [1.807, 2.05) is 35.2 Å². The lowest BCUT2D eigenvalue weighted by atomic mass is 10.0. The number of morpholine rings is 1. The Bertz CT molecular complexity index is 1100. The highest BCUT2D eigenvalue weighted by Gasteiger charge is 2.33. The van der Waals surface area contributed by atoms with Crippen molar-refractivity contribution in [2.24, 2.45) is 0 Å². The number of aromatic nitrogens is 1. The Morgan fingerprint density at radius 3 is 2.97 bits per heavy atom. The summed E-state index contributed by atoms with van der Waals surface area (Å²) in [4.78, 5) is 33.8. The summed E-state index contributed by atoms with van der Waals surface area (Å²) in [7, 11) is 0. The Hall–Kier alpha value is -3.29. The SMILES string of the molecule is O=C1Nc2ncc(/C=C/C(=O)N3CC=C(c4ccccc4)CCC3)cc2CN2CCOCC12. The van der Waals surface area contributed by atoms with E-state index in [1.54, 1.807) is 12.3 Å². The van der Waals surface area contributed by atoms with Gasteiger partial charge in [-0.2, -0.15) is 0 Å². The van der Waals surface area contributed by atoms with Gasteiger partial charge in [0.15, 0.2) is 0 Å². The molecule has 3 aliphatic rings. The van der Waals surface area contributed by atoms with E-state index in [-0.39, 0.29) is 17.9 Å². The van der Waals surface area contributed by atoms with E-state index in [0.29, 0.717) is 38.7 Å². The molecule has 4 heterocycles. The summed E-state index contributed by atoms with van der Waals surface area (Å²) in [6.07, 6.45) is 9.21. The molecule has 1 fully saturated rings. The fraction of sp³-hybridized carbons (Fsp3) is 0.346. The largest absolute Gasteiger partial charge is 0.378 e. The number of hydrogen-bond acceptors (Lipinski definition) is 5. The summed E-state index contributed by atoms with van der Waals surface area (Å²) in [6.45, 7) is 3.71. The minimum absolute atomic E-state index is 0.00273. The highest BCUT2D eigenvalue weighted by atomic mass is 16.5. The van der Waals surface area contributed by atoms with Crippen molar-refractivity contribution in [2.75, 3.05) is 38.2 Å². The Morgan fingerprint density at radius 2 is 2.09 bits per heavy atom. The normalized spacial score (nSPS) is 21.5. The van der Waals surface area contributed by atoms with Crippen LogP contribution < -0.4 is 5.32 Å². The number of hydrogen-bond donors (Lipinski definition) is 1. The average Bonchev–Trinajstić information content (AvgIpc) is 3.18. The van der Waals surface area contributed by atoms with Crippen molar-refractivity contribution in [3.05, 3.63) is 71.4 Å². The molecule has 33 heavy (non-hydrogen) atoms. The summed E-state index contributed by atoms with van der Waals surface area (Å²) >= 11 is 0. The van der Waals surface area contributed by atoms with Crippen molar-refractivity contribution in [2.45, 2.75) is 25.4 Å². The monoisotopic (exact) mass is 444 g/mol. The number of anilines is 1. The fourth-order valence-corrected chi connectivity index (χ4v) is 4.60. The van der Waals surface area contributed by atoms with Crippen LogP contribution in [0.15, 0.2) is 54.7 Å². The molecule has 0 aliphatic carbocycles. The molecule has 2 amide bonds. The third kappa shape index (κ3) is 4.89. The van der Waals surface area contributed by atoms with Gasteiger partial charge in [-0.1, -0.05) is 36.4 Å². The molecule has 1 atom stereocenters. The molecule has 1 unspecified atom stereocenters. The van der Waals surface area contributed by atoms with Crippen LogP contribution in [0.2, 0.25) is 0 Å². The Balaban J connectivity index is 1.27. The Morgan fingerprint density at radius 1 is 1.21 bits per heavy atom. The number of nitrogens with one attached hydrogen (secondary N) is 1. The maximum Gasteiger partial charge on any atom is 0.246 e. The number of nitrogens with zero attached hydrogens (tertiary/aromatic N) is 3. The van der Waals surface area contributed by atoms with Gasteiger partial charge >= 0.3 is 0 Å². The molecule has 3 aliphatic heterocycles. The van der Waals surface area contributed by atoms with Gasteiger partial charge in [0.1, 0.15) is 11.9 Å². The molecular formula is C26H28N4O3. The van der Waals surface area contributed by atoms with Crippen LogP contribution in [0, 0.1) is 0 Å². The summed E-state index contributed by atoms with van der Waals surface area (Å²) < 4.78 is 5.47. The molecule has 7 nitrogen and oxygen atoms in total. The summed E-state index contributed by atoms with van der Waals surface area (Å²) in [5, 5.41) is 2.91. The number of ether oxygens (including phenoxy) is 1. The topological polar surface area (TPSA) is 74.8 Å². The lowest BCUT2D eigenvalue weighted by Gasteiger charge is -2.32. The molecule has 1 saturated heterocycles. The smallest absolute Gasteiger partial charge is 0.246 e. The van der Waals surface area contributed by atoms with Gasteiger partial charge in [-0.05, 0) is 41.7 Å². The van der Waals surface area contributed by atoms with Crippen molar-refractivity contribution in [3.8, 4) is 0 Å². The third-order valence-electron chi connectivity index (χ3n) is 6.45. The quantitative estimate of drug-likeness (QED) is 0.737. The van der Waals surface area contributed by atoms with Crippen LogP contribution in [-0.4, -0.2) is 65.5 Å². The number of fused-ring (bicyclic) bond motifs is 2. The number of pyridine rings is 1. The maximum absolute atomic E-state index is 12.9. The molecule has 1 aromatic heterocycles. The first-order valence-electron chi connectivity index (χ1n) is 11.5. The van der Waals surface area contributed by atoms with Crippen LogP contribution in [0.5, 0.6) is 0 Å². The number of rotatable bonds is 3. The van der Waals surface area contributed by atoms with Crippen LogP contribution in [0.4, 0.5) is 5.82 Å². The van der Waals surface area contributed by atoms with E-state index in [4.69, 9.17) is 4.74 Å². The minimum Gasteiger partial charge on any atom is -0.378 e. The van der Waals surface area contributed by atoms with Crippen LogP contribution in [0.1, 0.15) is 29.5 Å². The zero-order valence-corrected chi connectivity index (χ0v) is 18.6. The van der Waals surface area contributed by atoms with Crippen LogP contribution in [0.25, 0.3) is 11.6 Å². The van der Waals surface area contributed by atoms with Crippen molar-refractivity contribution in [1.82, 2.24) is 14.8 Å². The predicted molar refractivity (Wildman–Crippen MR) is 127 cm³/mol. The van der Waals surface area contributed by atoms with Gasteiger partial charge in [-0.3, -0.25) is 14.5 Å². The summed E-state index contributed by atoms with van der Waals surface area (Å²) in [5.74, 6) is 0.504. The van der Waals surface area contributed by atoms with E-state index in [2.05, 4.69) is 33.4 Å². The first-order valence-corrected chi connectivity index (χ1v) is 11.5. The number of benzene rings is 1. The second-order valence-electron chi connectivity index (χ2n) is 8.64. The highest BCUT2D eigenvalue weighted by Crippen LogP contribution is 2.25. The zero-order chi connectivity index (χ0) is 22.6. The van der Waals surface area contributed by atoms with Crippen molar-refractivity contribution >= 4 is 29.3 Å². The van der Waals surface area contributed by atoms with Gasteiger partial charge in [0.05, 0.1) is 13.2 Å². The first-order chi connectivity index (χ1) is 16.2. The number of carbonyl (C=O) groups excluding carboxylic acids is 2. The molecule has 0 saturated carbocycles. The van der Waals surface area contributed by atoms with Crippen molar-refractivity contribution < 1.29 is 14.3 Å². The van der Waals surface area contributed by atoms with E-state index in [1.165, 1.54) is 11.1 Å². The Labute approximate surface area is 193 Å². The minimum atomic E-state index is -0.287. The maximum atomic E-state index is 12.9. The molecule has 1 N–H and O–H groups in total. The average molecular weight is 445 g/mol. The van der Waals surface area contributed by atoms with E-state index in [9.17, 15) is 9.59 Å². The van der Waals surface area contributed by atoms with E-state index < -0.39 is 0 Å². The Kier molecular flexibility index (Phi) is 6.32. The van der Waals surface area contributed by atoms with E-state index in [0.717, 1.165) is 30.5 Å². The molecule has 7 heteroatoms. The van der Waals surface area contributed by atoms with Crippen molar-refractivity contribution in [1.29, 1.82) is 0 Å². The molecule has 170 valence electrons. The van der Waals surface area contributed by atoms with Gasteiger partial charge in [0.25, 0.3) is 0 Å². The lowest BCUT2D eigenvalue weighted by molar-refractivity contribution is -0.127. The number of allylic oxidation sites excluding steroid dienone is 1. The second-order valence-corrected chi connectivity index (χ2v) is 8.64. The van der Waals surface area contributed by atoms with Crippen LogP contribution in [-0.2, 0) is 20.9 Å². The third-order valence-corrected chi connectivity index (χ3v) is 6.45. The van der Waals surface area contributed by atoms with E-state index >= 15 is 0 Å². The zero-order valence-electron chi connectivity index (χ0n) is 18.6. The number of amides is 2. The fourth-order valence-electron chi connectivity index (χ4n) is 4.60. The highest BCUT2D eigenvalue weighted by molar-refractivity contribution is 5.96. The second kappa shape index (κ2) is 9.68. The van der Waals surface area contributed by atoms with Gasteiger partial charge in [0, 0.05) is 44.0 Å². The molecule has 5 rings (SSSR count). The van der Waals surface area contributed by atoms with Gasteiger partial charge in [-0.15, -0.1) is 0 Å². The lowest BCUT2D eigenvalue weighted by Crippen LogP contribution is -2.49. The number of carbonyl (C=O) groups is 2. The van der Waals surface area contributed by atoms with Gasteiger partial charge < -0.3 is 15.0 Å².